The lowest BCUT2D eigenvalue weighted by Crippen LogP contribution is -2.45. The Morgan fingerprint density at radius 2 is 2.04 bits per heavy atom. The zero-order valence-corrected chi connectivity index (χ0v) is 16.2. The van der Waals surface area contributed by atoms with Gasteiger partial charge in [-0.25, -0.2) is 9.78 Å². The van der Waals surface area contributed by atoms with E-state index in [1.54, 1.807) is 24.4 Å². The molecule has 140 valence electrons. The minimum atomic E-state index is -0.680. The van der Waals surface area contributed by atoms with Gasteiger partial charge in [-0.3, -0.25) is 4.79 Å². The van der Waals surface area contributed by atoms with Crippen molar-refractivity contribution < 1.29 is 18.7 Å². The van der Waals surface area contributed by atoms with Crippen LogP contribution in [0.4, 0.5) is 0 Å². The van der Waals surface area contributed by atoms with E-state index in [-0.39, 0.29) is 18.2 Å². The molecule has 0 spiro atoms. The summed E-state index contributed by atoms with van der Waals surface area (Å²) < 4.78 is 10.4. The normalized spacial score (nSPS) is 12.1. The minimum Gasteiger partial charge on any atom is -0.467 e. The van der Waals surface area contributed by atoms with E-state index >= 15 is 0 Å². The Balaban J connectivity index is 1.97. The third kappa shape index (κ3) is 5.22. The van der Waals surface area contributed by atoms with Crippen LogP contribution in [0.2, 0.25) is 10.0 Å². The molecule has 0 unspecified atom stereocenters. The number of aromatic nitrogens is 1. The summed E-state index contributed by atoms with van der Waals surface area (Å²) in [5.41, 5.74) is 0.671. The molecule has 0 saturated carbocycles. The van der Waals surface area contributed by atoms with E-state index in [4.69, 9.17) is 32.4 Å². The second kappa shape index (κ2) is 9.05. The molecule has 1 amide bonds. The van der Waals surface area contributed by atoms with Crippen molar-refractivity contribution in [3.63, 3.8) is 0 Å². The highest BCUT2D eigenvalue weighted by Gasteiger charge is 2.24. The first kappa shape index (κ1) is 20.3. The van der Waals surface area contributed by atoms with Crippen molar-refractivity contribution in [2.75, 3.05) is 7.11 Å². The van der Waals surface area contributed by atoms with Gasteiger partial charge in [-0.05, 0) is 24.1 Å². The molecule has 0 bridgehead atoms. The Morgan fingerprint density at radius 3 is 2.65 bits per heavy atom. The van der Waals surface area contributed by atoms with Crippen LogP contribution in [0.25, 0.3) is 11.3 Å². The number of esters is 1. The molecule has 0 aliphatic rings. The zero-order valence-electron chi connectivity index (χ0n) is 14.7. The summed E-state index contributed by atoms with van der Waals surface area (Å²) >= 11 is 12.0. The Kier molecular flexibility index (Phi) is 7.06. The van der Waals surface area contributed by atoms with Gasteiger partial charge in [0.15, 0.2) is 11.7 Å². The maximum Gasteiger partial charge on any atom is 0.328 e. The predicted molar refractivity (Wildman–Crippen MR) is 99.1 cm³/mol. The third-order valence-electron chi connectivity index (χ3n) is 3.75. The van der Waals surface area contributed by atoms with Crippen molar-refractivity contribution >= 4 is 35.1 Å². The van der Waals surface area contributed by atoms with Gasteiger partial charge in [0, 0.05) is 23.4 Å². The number of amides is 1. The molecule has 0 aliphatic heterocycles. The molecule has 2 aromatic rings. The molecule has 1 N–H and O–H groups in total. The number of hydrogen-bond acceptors (Lipinski definition) is 5. The fourth-order valence-electron chi connectivity index (χ4n) is 2.33. The predicted octanol–water partition coefficient (Wildman–Crippen LogP) is 3.89. The van der Waals surface area contributed by atoms with Gasteiger partial charge in [-0.2, -0.15) is 0 Å². The quantitative estimate of drug-likeness (QED) is 0.715. The maximum atomic E-state index is 12.1. The van der Waals surface area contributed by atoms with Crippen molar-refractivity contribution in [1.29, 1.82) is 0 Å². The lowest BCUT2D eigenvalue weighted by Gasteiger charge is -2.19. The number of carbonyl (C=O) groups excluding carboxylic acids is 2. The molecule has 1 atom stereocenters. The Hall–Kier alpha value is -2.05. The summed E-state index contributed by atoms with van der Waals surface area (Å²) in [5.74, 6) is 0.0753. The standard InChI is InChI=1S/C18H20Cl2N2O4/c1-10(2)17(18(24)25-3)22-15(23)6-7-16-21-9-14(26-16)12-5-4-11(19)8-13(12)20/h4-5,8-10,17H,6-7H2,1-3H3,(H,22,23)/t17-/m0/s1. The summed E-state index contributed by atoms with van der Waals surface area (Å²) in [6.07, 6.45) is 1.98. The smallest absolute Gasteiger partial charge is 0.328 e. The van der Waals surface area contributed by atoms with Gasteiger partial charge in [0.25, 0.3) is 0 Å². The number of ether oxygens (including phenoxy) is 1. The van der Waals surface area contributed by atoms with Crippen molar-refractivity contribution in [3.8, 4) is 11.3 Å². The largest absolute Gasteiger partial charge is 0.467 e. The second-order valence-electron chi connectivity index (χ2n) is 6.05. The average Bonchev–Trinajstić information content (AvgIpc) is 3.05. The molecular weight excluding hydrogens is 379 g/mol. The van der Waals surface area contributed by atoms with Crippen LogP contribution in [0, 0.1) is 5.92 Å². The molecule has 0 saturated heterocycles. The number of nitrogens with one attached hydrogen (secondary N) is 1. The summed E-state index contributed by atoms with van der Waals surface area (Å²) in [6, 6.07) is 4.38. The van der Waals surface area contributed by atoms with Gasteiger partial charge in [0.1, 0.15) is 6.04 Å². The van der Waals surface area contributed by atoms with E-state index in [0.29, 0.717) is 33.7 Å². The lowest BCUT2D eigenvalue weighted by atomic mass is 10.0. The van der Waals surface area contributed by atoms with Crippen molar-refractivity contribution in [3.05, 3.63) is 40.3 Å². The van der Waals surface area contributed by atoms with Crippen LogP contribution in [0.3, 0.4) is 0 Å². The monoisotopic (exact) mass is 398 g/mol. The molecule has 6 nitrogen and oxygen atoms in total. The number of carbonyl (C=O) groups is 2. The summed E-state index contributed by atoms with van der Waals surface area (Å²) in [7, 11) is 1.29. The molecule has 8 heteroatoms. The van der Waals surface area contributed by atoms with Crippen LogP contribution < -0.4 is 5.32 Å². The van der Waals surface area contributed by atoms with E-state index in [1.165, 1.54) is 7.11 Å². The van der Waals surface area contributed by atoms with Gasteiger partial charge in [0.05, 0.1) is 18.3 Å². The van der Waals surface area contributed by atoms with Crippen LogP contribution in [-0.4, -0.2) is 30.0 Å². The number of methoxy groups -OCH3 is 1. The van der Waals surface area contributed by atoms with Crippen LogP contribution in [0.15, 0.2) is 28.8 Å². The number of nitrogens with zero attached hydrogens (tertiary/aromatic N) is 1. The highest BCUT2D eigenvalue weighted by Crippen LogP contribution is 2.30. The maximum absolute atomic E-state index is 12.1. The molecule has 2 rings (SSSR count). The SMILES string of the molecule is COC(=O)[C@@H](NC(=O)CCc1ncc(-c2ccc(Cl)cc2Cl)o1)C(C)C. The van der Waals surface area contributed by atoms with E-state index < -0.39 is 12.0 Å². The second-order valence-corrected chi connectivity index (χ2v) is 6.90. The highest BCUT2D eigenvalue weighted by atomic mass is 35.5. The summed E-state index contributed by atoms with van der Waals surface area (Å²) in [6.45, 7) is 3.66. The number of hydrogen-bond donors (Lipinski definition) is 1. The van der Waals surface area contributed by atoms with Gasteiger partial charge in [-0.1, -0.05) is 37.0 Å². The van der Waals surface area contributed by atoms with E-state index in [2.05, 4.69) is 10.3 Å². The molecule has 0 radical (unpaired) electrons. The first-order chi connectivity index (χ1) is 12.3. The number of halogens is 2. The first-order valence-corrected chi connectivity index (χ1v) is 8.84. The van der Waals surface area contributed by atoms with Crippen LogP contribution in [-0.2, 0) is 20.7 Å². The summed E-state index contributed by atoms with van der Waals surface area (Å²) in [5, 5.41) is 3.66. The molecule has 0 fully saturated rings. The Bertz CT molecular complexity index is 789. The zero-order chi connectivity index (χ0) is 19.3. The van der Waals surface area contributed by atoms with Crippen LogP contribution >= 0.6 is 23.2 Å². The first-order valence-electron chi connectivity index (χ1n) is 8.09. The average molecular weight is 399 g/mol. The number of aryl methyl sites for hydroxylation is 1. The molecular formula is C18H20Cl2N2O4. The van der Waals surface area contributed by atoms with Crippen molar-refractivity contribution in [2.45, 2.75) is 32.7 Å². The molecule has 0 aliphatic carbocycles. The summed E-state index contributed by atoms with van der Waals surface area (Å²) in [4.78, 5) is 27.9. The van der Waals surface area contributed by atoms with Gasteiger partial charge in [-0.15, -0.1) is 0 Å². The van der Waals surface area contributed by atoms with Crippen molar-refractivity contribution in [1.82, 2.24) is 10.3 Å². The minimum absolute atomic E-state index is 0.0770. The van der Waals surface area contributed by atoms with E-state index in [1.807, 2.05) is 13.8 Å². The number of benzene rings is 1. The van der Waals surface area contributed by atoms with Gasteiger partial charge in [0.2, 0.25) is 5.91 Å². The molecule has 1 heterocycles. The van der Waals surface area contributed by atoms with Crippen molar-refractivity contribution in [2.24, 2.45) is 5.92 Å². The highest BCUT2D eigenvalue weighted by molar-refractivity contribution is 6.36. The van der Waals surface area contributed by atoms with Crippen LogP contribution in [0.1, 0.15) is 26.2 Å². The van der Waals surface area contributed by atoms with E-state index in [9.17, 15) is 9.59 Å². The molecule has 1 aromatic heterocycles. The Labute approximate surface area is 161 Å². The lowest BCUT2D eigenvalue weighted by molar-refractivity contribution is -0.146. The fraction of sp³-hybridized carbons (Fsp3) is 0.389. The topological polar surface area (TPSA) is 81.4 Å². The van der Waals surface area contributed by atoms with E-state index in [0.717, 1.165) is 0 Å². The van der Waals surface area contributed by atoms with Gasteiger partial charge >= 0.3 is 5.97 Å². The number of rotatable bonds is 7. The third-order valence-corrected chi connectivity index (χ3v) is 4.30. The number of oxazole rings is 1. The van der Waals surface area contributed by atoms with Crippen LogP contribution in [0.5, 0.6) is 0 Å². The molecule has 26 heavy (non-hydrogen) atoms. The van der Waals surface area contributed by atoms with Gasteiger partial charge < -0.3 is 14.5 Å². The fourth-order valence-corrected chi connectivity index (χ4v) is 2.83. The molecule has 1 aromatic carbocycles. The Morgan fingerprint density at radius 1 is 1.31 bits per heavy atom.